The molecule has 0 aromatic carbocycles. The summed E-state index contributed by atoms with van der Waals surface area (Å²) in [6, 6.07) is 0. The lowest BCUT2D eigenvalue weighted by atomic mass is 10.2. The molecule has 0 unspecified atom stereocenters. The maximum absolute atomic E-state index is 9.50. The number of nitrogens with zero attached hydrogens (tertiary/aromatic N) is 3. The summed E-state index contributed by atoms with van der Waals surface area (Å²) in [6.07, 6.45) is 4.53. The number of anilines is 1. The van der Waals surface area contributed by atoms with Crippen LogP contribution in [-0.4, -0.2) is 28.2 Å². The Morgan fingerprint density at radius 1 is 1.44 bits per heavy atom. The summed E-state index contributed by atoms with van der Waals surface area (Å²) in [4.78, 5) is 11.2. The van der Waals surface area contributed by atoms with Crippen molar-refractivity contribution < 1.29 is 5.11 Å². The SMILES string of the molecule is CCN(CC1CC1)c1cnc(C(C)C)nc1CO. The Hall–Kier alpha value is -1.16. The fraction of sp³-hybridized carbons (Fsp3) is 0.714. The molecule has 1 aromatic heterocycles. The van der Waals surface area contributed by atoms with Gasteiger partial charge in [0, 0.05) is 19.0 Å². The lowest BCUT2D eigenvalue weighted by molar-refractivity contribution is 0.276. The van der Waals surface area contributed by atoms with Gasteiger partial charge in [-0.25, -0.2) is 9.97 Å². The van der Waals surface area contributed by atoms with Crippen molar-refractivity contribution in [3.63, 3.8) is 0 Å². The summed E-state index contributed by atoms with van der Waals surface area (Å²) in [6.45, 7) is 8.26. The monoisotopic (exact) mass is 249 g/mol. The average molecular weight is 249 g/mol. The summed E-state index contributed by atoms with van der Waals surface area (Å²) in [5.74, 6) is 1.93. The number of aliphatic hydroxyl groups is 1. The van der Waals surface area contributed by atoms with Gasteiger partial charge in [-0.15, -0.1) is 0 Å². The van der Waals surface area contributed by atoms with E-state index in [1.165, 1.54) is 12.8 Å². The Labute approximate surface area is 109 Å². The van der Waals surface area contributed by atoms with Gasteiger partial charge >= 0.3 is 0 Å². The molecule has 1 fully saturated rings. The van der Waals surface area contributed by atoms with Crippen LogP contribution in [0.5, 0.6) is 0 Å². The first-order valence-electron chi connectivity index (χ1n) is 6.87. The molecular weight excluding hydrogens is 226 g/mol. The van der Waals surface area contributed by atoms with E-state index in [1.54, 1.807) is 0 Å². The summed E-state index contributed by atoms with van der Waals surface area (Å²) >= 11 is 0. The number of hydrogen-bond acceptors (Lipinski definition) is 4. The Balaban J connectivity index is 2.23. The molecule has 18 heavy (non-hydrogen) atoms. The second-order valence-corrected chi connectivity index (χ2v) is 5.35. The van der Waals surface area contributed by atoms with E-state index < -0.39 is 0 Å². The Kier molecular flexibility index (Phi) is 4.17. The Morgan fingerprint density at radius 2 is 2.17 bits per heavy atom. The van der Waals surface area contributed by atoms with Gasteiger partial charge in [0.2, 0.25) is 0 Å². The topological polar surface area (TPSA) is 49.2 Å². The van der Waals surface area contributed by atoms with E-state index >= 15 is 0 Å². The van der Waals surface area contributed by atoms with Crippen molar-refractivity contribution in [2.24, 2.45) is 5.92 Å². The smallest absolute Gasteiger partial charge is 0.131 e. The van der Waals surface area contributed by atoms with Crippen molar-refractivity contribution in [2.45, 2.75) is 46.1 Å². The van der Waals surface area contributed by atoms with Crippen molar-refractivity contribution in [1.29, 1.82) is 0 Å². The van der Waals surface area contributed by atoms with Gasteiger partial charge < -0.3 is 10.0 Å². The van der Waals surface area contributed by atoms with Gasteiger partial charge in [0.15, 0.2) is 0 Å². The van der Waals surface area contributed by atoms with Crippen LogP contribution >= 0.6 is 0 Å². The predicted molar refractivity (Wildman–Crippen MR) is 72.7 cm³/mol. The highest BCUT2D eigenvalue weighted by Crippen LogP contribution is 2.32. The molecule has 1 N–H and O–H groups in total. The van der Waals surface area contributed by atoms with Crippen LogP contribution in [0.2, 0.25) is 0 Å². The largest absolute Gasteiger partial charge is 0.390 e. The number of aromatic nitrogens is 2. The predicted octanol–water partition coefficient (Wildman–Crippen LogP) is 2.33. The molecule has 4 heteroatoms. The third kappa shape index (κ3) is 2.99. The molecular formula is C14H23N3O. The molecule has 0 radical (unpaired) electrons. The lowest BCUT2D eigenvalue weighted by Crippen LogP contribution is -2.27. The van der Waals surface area contributed by atoms with E-state index in [2.05, 4.69) is 35.6 Å². The van der Waals surface area contributed by atoms with Crippen molar-refractivity contribution >= 4 is 5.69 Å². The molecule has 1 heterocycles. The molecule has 1 aliphatic rings. The first kappa shape index (κ1) is 13.3. The maximum Gasteiger partial charge on any atom is 0.131 e. The van der Waals surface area contributed by atoms with Crippen LogP contribution in [0.1, 0.15) is 51.0 Å². The molecule has 100 valence electrons. The van der Waals surface area contributed by atoms with Gasteiger partial charge in [-0.3, -0.25) is 0 Å². The van der Waals surface area contributed by atoms with Crippen molar-refractivity contribution in [3.8, 4) is 0 Å². The molecule has 1 aromatic rings. The minimum absolute atomic E-state index is 0.0151. The summed E-state index contributed by atoms with van der Waals surface area (Å²) in [5, 5.41) is 9.50. The van der Waals surface area contributed by atoms with E-state index in [9.17, 15) is 5.11 Å². The van der Waals surface area contributed by atoms with Crippen molar-refractivity contribution in [1.82, 2.24) is 9.97 Å². The van der Waals surface area contributed by atoms with Crippen molar-refractivity contribution in [2.75, 3.05) is 18.0 Å². The third-order valence-electron chi connectivity index (χ3n) is 3.43. The second-order valence-electron chi connectivity index (χ2n) is 5.35. The summed E-state index contributed by atoms with van der Waals surface area (Å²) in [7, 11) is 0. The van der Waals surface area contributed by atoms with E-state index in [1.807, 2.05) is 6.20 Å². The normalized spacial score (nSPS) is 15.2. The lowest BCUT2D eigenvalue weighted by Gasteiger charge is -2.24. The zero-order valence-corrected chi connectivity index (χ0v) is 11.6. The second kappa shape index (κ2) is 5.65. The minimum atomic E-state index is -0.0151. The molecule has 1 saturated carbocycles. The Morgan fingerprint density at radius 3 is 2.67 bits per heavy atom. The van der Waals surface area contributed by atoms with Crippen LogP contribution in [-0.2, 0) is 6.61 Å². The molecule has 0 aliphatic heterocycles. The van der Waals surface area contributed by atoms with E-state index in [-0.39, 0.29) is 6.61 Å². The van der Waals surface area contributed by atoms with E-state index in [4.69, 9.17) is 0 Å². The van der Waals surface area contributed by atoms with Crippen LogP contribution in [0, 0.1) is 5.92 Å². The molecule has 0 spiro atoms. The third-order valence-corrected chi connectivity index (χ3v) is 3.43. The maximum atomic E-state index is 9.50. The summed E-state index contributed by atoms with van der Waals surface area (Å²) in [5.41, 5.74) is 1.76. The van der Waals surface area contributed by atoms with Gasteiger partial charge in [-0.05, 0) is 25.7 Å². The highest BCUT2D eigenvalue weighted by Gasteiger charge is 2.25. The van der Waals surface area contributed by atoms with E-state index in [0.29, 0.717) is 5.92 Å². The minimum Gasteiger partial charge on any atom is -0.390 e. The van der Waals surface area contributed by atoms with Gasteiger partial charge in [0.1, 0.15) is 5.82 Å². The quantitative estimate of drug-likeness (QED) is 0.840. The molecule has 0 bridgehead atoms. The van der Waals surface area contributed by atoms with Crippen LogP contribution in [0.25, 0.3) is 0 Å². The highest BCUT2D eigenvalue weighted by molar-refractivity contribution is 5.49. The fourth-order valence-electron chi connectivity index (χ4n) is 2.09. The van der Waals surface area contributed by atoms with Gasteiger partial charge in [0.05, 0.1) is 24.2 Å². The first-order chi connectivity index (χ1) is 8.65. The average Bonchev–Trinajstić information content (AvgIpc) is 3.19. The zero-order chi connectivity index (χ0) is 13.1. The highest BCUT2D eigenvalue weighted by atomic mass is 16.3. The number of hydrogen-bond donors (Lipinski definition) is 1. The zero-order valence-electron chi connectivity index (χ0n) is 11.6. The van der Waals surface area contributed by atoms with Gasteiger partial charge in [-0.2, -0.15) is 0 Å². The van der Waals surface area contributed by atoms with Gasteiger partial charge in [-0.1, -0.05) is 13.8 Å². The molecule has 0 saturated heterocycles. The number of rotatable bonds is 6. The summed E-state index contributed by atoms with van der Waals surface area (Å²) < 4.78 is 0. The van der Waals surface area contributed by atoms with Crippen LogP contribution in [0.3, 0.4) is 0 Å². The molecule has 4 nitrogen and oxygen atoms in total. The van der Waals surface area contributed by atoms with Crippen LogP contribution in [0.15, 0.2) is 6.20 Å². The molecule has 0 atom stereocenters. The Bertz CT molecular complexity index is 402. The standard InChI is InChI=1S/C14H23N3O/c1-4-17(8-11-5-6-11)13-7-15-14(10(2)3)16-12(13)9-18/h7,10-11,18H,4-6,8-9H2,1-3H3. The number of aliphatic hydroxyl groups excluding tert-OH is 1. The van der Waals surface area contributed by atoms with Crippen LogP contribution < -0.4 is 4.90 Å². The van der Waals surface area contributed by atoms with Crippen LogP contribution in [0.4, 0.5) is 5.69 Å². The molecule has 0 amide bonds. The molecule has 2 rings (SSSR count). The van der Waals surface area contributed by atoms with Crippen molar-refractivity contribution in [3.05, 3.63) is 17.7 Å². The molecule has 1 aliphatic carbocycles. The van der Waals surface area contributed by atoms with E-state index in [0.717, 1.165) is 36.2 Å². The first-order valence-corrected chi connectivity index (χ1v) is 6.87. The fourth-order valence-corrected chi connectivity index (χ4v) is 2.09. The van der Waals surface area contributed by atoms with Gasteiger partial charge in [0.25, 0.3) is 0 Å².